The molecule has 170 valence electrons. The Morgan fingerprint density at radius 3 is 2.20 bits per heavy atom. The SMILES string of the molecule is COC(=O)C(NC(=O)C(F)(F)F)[C@@H]1[C@@H]2C[C@H]3C[C@@](Cl)(C2)C[C@]1(OC(=O)C(F)(F)F)C3. The molecular weight excluding hydrogens is 448 g/mol. The van der Waals surface area contributed by atoms with Crippen LogP contribution in [-0.4, -0.2) is 53.8 Å². The average molecular weight is 466 g/mol. The fourth-order valence-corrected chi connectivity index (χ4v) is 6.27. The first-order valence-corrected chi connectivity index (χ1v) is 9.43. The Labute approximate surface area is 171 Å². The highest BCUT2D eigenvalue weighted by molar-refractivity contribution is 6.24. The van der Waals surface area contributed by atoms with Gasteiger partial charge >= 0.3 is 30.2 Å². The molecule has 4 bridgehead atoms. The summed E-state index contributed by atoms with van der Waals surface area (Å²) in [6.45, 7) is 0. The highest BCUT2D eigenvalue weighted by atomic mass is 35.5. The number of alkyl halides is 7. The van der Waals surface area contributed by atoms with Gasteiger partial charge in [0.05, 0.1) is 7.11 Å². The predicted molar refractivity (Wildman–Crippen MR) is 87.0 cm³/mol. The Kier molecular flexibility index (Phi) is 5.48. The number of esters is 2. The Balaban J connectivity index is 2.03. The summed E-state index contributed by atoms with van der Waals surface area (Å²) in [5.74, 6) is -8.50. The standard InChI is InChI=1S/C17H18ClF6NO5/c1-29-11(26)10(25-12(27)16(19,20)21)9-8-2-7-3-14(18,5-8)6-15(9,4-7)30-13(28)17(22,23)24/h7-10H,2-6H2,1H3,(H,25,27)/t7-,8+,9-,10?,14+,15+/m0/s1. The third kappa shape index (κ3) is 4.06. The Hall–Kier alpha value is -1.72. The van der Waals surface area contributed by atoms with E-state index in [1.54, 1.807) is 0 Å². The molecule has 1 amide bonds. The van der Waals surface area contributed by atoms with Gasteiger partial charge in [0.2, 0.25) is 0 Å². The smallest absolute Gasteiger partial charge is 0.467 e. The summed E-state index contributed by atoms with van der Waals surface area (Å²) in [6, 6.07) is -1.96. The van der Waals surface area contributed by atoms with Gasteiger partial charge in [-0.25, -0.2) is 9.59 Å². The van der Waals surface area contributed by atoms with Crippen molar-refractivity contribution in [2.45, 2.75) is 61.0 Å². The molecule has 6 atom stereocenters. The van der Waals surface area contributed by atoms with Crippen LogP contribution in [0.5, 0.6) is 0 Å². The zero-order valence-corrected chi connectivity index (χ0v) is 16.3. The van der Waals surface area contributed by atoms with E-state index in [0.29, 0.717) is 12.8 Å². The Bertz CT molecular complexity index is 758. The van der Waals surface area contributed by atoms with Crippen LogP contribution in [0.4, 0.5) is 26.3 Å². The molecule has 0 aliphatic heterocycles. The molecule has 0 heterocycles. The molecule has 0 radical (unpaired) electrons. The highest BCUT2D eigenvalue weighted by Crippen LogP contribution is 2.64. The molecule has 4 saturated carbocycles. The normalized spacial score (nSPS) is 36.2. The highest BCUT2D eigenvalue weighted by Gasteiger charge is 2.68. The zero-order valence-electron chi connectivity index (χ0n) is 15.5. The number of rotatable bonds is 4. The van der Waals surface area contributed by atoms with E-state index in [1.165, 1.54) is 5.32 Å². The maximum atomic E-state index is 12.9. The minimum Gasteiger partial charge on any atom is -0.467 e. The van der Waals surface area contributed by atoms with Crippen molar-refractivity contribution < 1.29 is 50.2 Å². The molecule has 0 aromatic carbocycles. The Morgan fingerprint density at radius 2 is 1.70 bits per heavy atom. The molecule has 0 spiro atoms. The third-order valence-corrected chi connectivity index (χ3v) is 6.61. The summed E-state index contributed by atoms with van der Waals surface area (Å²) in [6.07, 6.45) is -10.1. The number of halogens is 7. The van der Waals surface area contributed by atoms with Crippen LogP contribution >= 0.6 is 11.6 Å². The number of methoxy groups -OCH3 is 1. The van der Waals surface area contributed by atoms with E-state index in [1.807, 2.05) is 0 Å². The molecule has 4 rings (SSSR count). The summed E-state index contributed by atoms with van der Waals surface area (Å²) in [5, 5.41) is 1.53. The molecule has 4 fully saturated rings. The van der Waals surface area contributed by atoms with Gasteiger partial charge in [0.15, 0.2) is 0 Å². The monoisotopic (exact) mass is 465 g/mol. The van der Waals surface area contributed by atoms with Gasteiger partial charge < -0.3 is 14.8 Å². The maximum absolute atomic E-state index is 12.9. The van der Waals surface area contributed by atoms with Gasteiger partial charge in [-0.05, 0) is 37.5 Å². The number of carbonyl (C=O) groups is 3. The van der Waals surface area contributed by atoms with Gasteiger partial charge in [-0.1, -0.05) is 0 Å². The van der Waals surface area contributed by atoms with Crippen LogP contribution < -0.4 is 5.32 Å². The van der Waals surface area contributed by atoms with Crippen molar-refractivity contribution in [3.8, 4) is 0 Å². The third-order valence-electron chi connectivity index (χ3n) is 6.17. The van der Waals surface area contributed by atoms with E-state index in [0.717, 1.165) is 7.11 Å². The largest absolute Gasteiger partial charge is 0.490 e. The first kappa shape index (κ1) is 23.0. The predicted octanol–water partition coefficient (Wildman–Crippen LogP) is 2.87. The Morgan fingerprint density at radius 1 is 1.07 bits per heavy atom. The number of carbonyl (C=O) groups excluding carboxylic acids is 3. The number of hydrogen-bond donors (Lipinski definition) is 1. The summed E-state index contributed by atoms with van der Waals surface area (Å²) in [4.78, 5) is 34.5. The molecule has 4 aliphatic rings. The van der Waals surface area contributed by atoms with Crippen molar-refractivity contribution >= 4 is 29.4 Å². The maximum Gasteiger partial charge on any atom is 0.490 e. The van der Waals surface area contributed by atoms with Gasteiger partial charge in [-0.2, -0.15) is 26.3 Å². The lowest BCUT2D eigenvalue weighted by Gasteiger charge is -2.63. The number of nitrogens with one attached hydrogen (secondary N) is 1. The number of ether oxygens (including phenoxy) is 2. The summed E-state index contributed by atoms with van der Waals surface area (Å²) in [5.41, 5.74) is -1.96. The second-order valence-electron chi connectivity index (χ2n) is 8.25. The molecule has 4 aliphatic carbocycles. The molecule has 1 unspecified atom stereocenters. The molecule has 6 nitrogen and oxygen atoms in total. The average Bonchev–Trinajstić information content (AvgIpc) is 2.56. The second kappa shape index (κ2) is 7.16. The van der Waals surface area contributed by atoms with Crippen molar-refractivity contribution in [1.82, 2.24) is 5.32 Å². The fraction of sp³-hybridized carbons (Fsp3) is 0.824. The molecule has 30 heavy (non-hydrogen) atoms. The van der Waals surface area contributed by atoms with Crippen molar-refractivity contribution in [3.63, 3.8) is 0 Å². The van der Waals surface area contributed by atoms with Crippen LogP contribution in [0.1, 0.15) is 32.1 Å². The van der Waals surface area contributed by atoms with Crippen molar-refractivity contribution in [1.29, 1.82) is 0 Å². The summed E-state index contributed by atoms with van der Waals surface area (Å²) < 4.78 is 86.6. The van der Waals surface area contributed by atoms with Gasteiger partial charge in [0.25, 0.3) is 0 Å². The topological polar surface area (TPSA) is 81.7 Å². The van der Waals surface area contributed by atoms with E-state index in [9.17, 15) is 40.7 Å². The van der Waals surface area contributed by atoms with E-state index < -0.39 is 58.6 Å². The van der Waals surface area contributed by atoms with Gasteiger partial charge in [0.1, 0.15) is 11.6 Å². The van der Waals surface area contributed by atoms with Crippen LogP contribution in [0.15, 0.2) is 0 Å². The lowest BCUT2D eigenvalue weighted by atomic mass is 9.48. The van der Waals surface area contributed by atoms with E-state index in [4.69, 9.17) is 16.3 Å². The molecule has 13 heteroatoms. The molecule has 1 N–H and O–H groups in total. The molecule has 0 aromatic heterocycles. The molecule has 0 saturated heterocycles. The van der Waals surface area contributed by atoms with E-state index in [-0.39, 0.29) is 25.2 Å². The number of hydrogen-bond acceptors (Lipinski definition) is 5. The van der Waals surface area contributed by atoms with Gasteiger partial charge in [-0.15, -0.1) is 11.6 Å². The summed E-state index contributed by atoms with van der Waals surface area (Å²) in [7, 11) is 0.864. The van der Waals surface area contributed by atoms with Gasteiger partial charge in [0, 0.05) is 17.2 Å². The lowest BCUT2D eigenvalue weighted by molar-refractivity contribution is -0.245. The fourth-order valence-electron chi connectivity index (χ4n) is 5.63. The minimum absolute atomic E-state index is 0.111. The lowest BCUT2D eigenvalue weighted by Crippen LogP contribution is -2.70. The number of amides is 1. The molecular formula is C17H18ClF6NO5. The van der Waals surface area contributed by atoms with Crippen LogP contribution in [0.2, 0.25) is 0 Å². The minimum atomic E-state index is -5.36. The van der Waals surface area contributed by atoms with Crippen molar-refractivity contribution in [2.75, 3.05) is 7.11 Å². The second-order valence-corrected chi connectivity index (χ2v) is 9.05. The van der Waals surface area contributed by atoms with E-state index >= 15 is 0 Å². The van der Waals surface area contributed by atoms with E-state index in [2.05, 4.69) is 4.74 Å². The van der Waals surface area contributed by atoms with Crippen LogP contribution in [-0.2, 0) is 23.9 Å². The molecule has 0 aromatic rings. The first-order valence-electron chi connectivity index (χ1n) is 9.05. The quantitative estimate of drug-likeness (QED) is 0.392. The van der Waals surface area contributed by atoms with Gasteiger partial charge in [-0.3, -0.25) is 4.79 Å². The van der Waals surface area contributed by atoms with Crippen molar-refractivity contribution in [2.24, 2.45) is 17.8 Å². The van der Waals surface area contributed by atoms with Crippen molar-refractivity contribution in [3.05, 3.63) is 0 Å². The first-order chi connectivity index (χ1) is 13.6. The van der Waals surface area contributed by atoms with Crippen LogP contribution in [0.3, 0.4) is 0 Å². The zero-order chi connectivity index (χ0) is 22.7. The van der Waals surface area contributed by atoms with Crippen LogP contribution in [0.25, 0.3) is 0 Å². The summed E-state index contributed by atoms with van der Waals surface area (Å²) >= 11 is 6.52. The van der Waals surface area contributed by atoms with Crippen LogP contribution in [0, 0.1) is 17.8 Å².